The molecule has 2 rings (SSSR count). The predicted molar refractivity (Wildman–Crippen MR) is 158 cm³/mol. The van der Waals surface area contributed by atoms with E-state index >= 15 is 0 Å². The van der Waals surface area contributed by atoms with E-state index in [0.717, 1.165) is 6.54 Å². The number of hydrogen-bond acceptors (Lipinski definition) is 5. The van der Waals surface area contributed by atoms with Crippen molar-refractivity contribution in [2.75, 3.05) is 39.8 Å². The summed E-state index contributed by atoms with van der Waals surface area (Å²) < 4.78 is 28.3. The van der Waals surface area contributed by atoms with Crippen LogP contribution >= 0.6 is 0 Å². The molecule has 1 saturated heterocycles. The summed E-state index contributed by atoms with van der Waals surface area (Å²) in [5.74, 6) is 0.443. The Morgan fingerprint density at radius 2 is 1.82 bits per heavy atom. The molecule has 1 heterocycles. The molecule has 1 aliphatic heterocycles. The minimum Gasteiger partial charge on any atom is -0.336 e. The summed E-state index contributed by atoms with van der Waals surface area (Å²) in [6, 6.07) is 8.78. The van der Waals surface area contributed by atoms with Gasteiger partial charge in [0.05, 0.1) is 11.4 Å². The minimum atomic E-state index is -3.66. The highest BCUT2D eigenvalue weighted by molar-refractivity contribution is 7.93. The van der Waals surface area contributed by atoms with Gasteiger partial charge in [0.1, 0.15) is 0 Å². The molecule has 8 nitrogen and oxygen atoms in total. The van der Waals surface area contributed by atoms with Crippen LogP contribution in [0.3, 0.4) is 0 Å². The fourth-order valence-electron chi connectivity index (χ4n) is 3.89. The predicted octanol–water partition coefficient (Wildman–Crippen LogP) is 5.63. The number of nitrogens with zero attached hydrogens (tertiary/aromatic N) is 5. The van der Waals surface area contributed by atoms with E-state index in [1.54, 1.807) is 29.2 Å². The van der Waals surface area contributed by atoms with Crippen molar-refractivity contribution in [3.63, 3.8) is 0 Å². The van der Waals surface area contributed by atoms with Gasteiger partial charge in [0, 0.05) is 44.8 Å². The molecule has 0 radical (unpaired) electrons. The second-order valence-electron chi connectivity index (χ2n) is 8.98. The molecule has 1 fully saturated rings. The fourth-order valence-corrected chi connectivity index (χ4v) is 5.67. The molecule has 1 amide bonds. The number of carbonyl (C=O) groups is 1. The molecule has 0 N–H and O–H groups in total. The highest BCUT2D eigenvalue weighted by Crippen LogP contribution is 2.23. The van der Waals surface area contributed by atoms with E-state index in [2.05, 4.69) is 37.0 Å². The monoisotopic (exact) mass is 545 g/mol. The number of allylic oxidation sites excluding steroid dienone is 2. The Hall–Kier alpha value is -2.96. The van der Waals surface area contributed by atoms with E-state index in [1.165, 1.54) is 4.31 Å². The van der Waals surface area contributed by atoms with Crippen LogP contribution in [0.15, 0.2) is 63.8 Å². The number of benzene rings is 1. The van der Waals surface area contributed by atoms with Crippen LogP contribution in [-0.4, -0.2) is 74.4 Å². The molecular formula is C29H47N5O3S. The van der Waals surface area contributed by atoms with Gasteiger partial charge in [-0.2, -0.15) is 9.42 Å². The first-order valence-electron chi connectivity index (χ1n) is 13.3. The van der Waals surface area contributed by atoms with Crippen LogP contribution in [0.25, 0.3) is 0 Å². The number of hydrogen-bond donors (Lipinski definition) is 0. The SMILES string of the molecule is C#C.CC.CC/C=C(\C=C/CCN=NN(C)CC(C)C)S(=O)(=O)N1CCN(C(=O)c2ccccc2)CC1C. The Bertz CT molecular complexity index is 1020. The molecule has 1 unspecified atom stereocenters. The smallest absolute Gasteiger partial charge is 0.253 e. The van der Waals surface area contributed by atoms with Crippen molar-refractivity contribution in [1.29, 1.82) is 0 Å². The molecule has 1 atom stereocenters. The lowest BCUT2D eigenvalue weighted by atomic mass is 10.1. The zero-order chi connectivity index (χ0) is 29.1. The van der Waals surface area contributed by atoms with Gasteiger partial charge in [-0.15, -0.1) is 12.8 Å². The lowest BCUT2D eigenvalue weighted by molar-refractivity contribution is 0.0643. The van der Waals surface area contributed by atoms with Crippen molar-refractivity contribution >= 4 is 15.9 Å². The highest BCUT2D eigenvalue weighted by Gasteiger charge is 2.35. The van der Waals surface area contributed by atoms with Gasteiger partial charge in [0.15, 0.2) is 0 Å². The molecule has 1 aromatic carbocycles. The quantitative estimate of drug-likeness (QED) is 0.119. The van der Waals surface area contributed by atoms with E-state index in [4.69, 9.17) is 0 Å². The third kappa shape index (κ3) is 11.6. The first kappa shape index (κ1) is 35.0. The molecule has 0 aliphatic carbocycles. The second kappa shape index (κ2) is 19.2. The standard InChI is InChI=1S/C25H39N5O3S.C2H6.C2H2/c1-6-12-24(15-10-11-16-26-27-28(5)19-21(2)3)34(32,33)30-18-17-29(20-22(30)4)25(31)23-13-8-7-9-14-23;2*1-2/h7-10,12-15,21-22H,6,11,16-20H2,1-5H3;1-2H3;1-2H/b15-10-,24-12+,27-26?;;. The maximum absolute atomic E-state index is 13.4. The van der Waals surface area contributed by atoms with E-state index in [9.17, 15) is 13.2 Å². The molecular weight excluding hydrogens is 498 g/mol. The van der Waals surface area contributed by atoms with E-state index in [0.29, 0.717) is 48.9 Å². The molecule has 38 heavy (non-hydrogen) atoms. The summed E-state index contributed by atoms with van der Waals surface area (Å²) in [7, 11) is -1.77. The van der Waals surface area contributed by atoms with Crippen LogP contribution in [0.2, 0.25) is 0 Å². The fraction of sp³-hybridized carbons (Fsp3) is 0.552. The van der Waals surface area contributed by atoms with Crippen LogP contribution in [0.1, 0.15) is 64.7 Å². The Balaban J connectivity index is 0.00000326. The molecule has 1 aliphatic rings. The van der Waals surface area contributed by atoms with Gasteiger partial charge >= 0.3 is 0 Å². The average molecular weight is 546 g/mol. The maximum Gasteiger partial charge on any atom is 0.253 e. The normalized spacial score (nSPS) is 16.6. The van der Waals surface area contributed by atoms with Crippen molar-refractivity contribution < 1.29 is 13.2 Å². The zero-order valence-electron chi connectivity index (χ0n) is 24.2. The number of sulfonamides is 1. The molecule has 9 heteroatoms. The van der Waals surface area contributed by atoms with Gasteiger partial charge in [0.2, 0.25) is 10.0 Å². The maximum atomic E-state index is 13.4. The number of terminal acetylenes is 1. The van der Waals surface area contributed by atoms with Gasteiger partial charge in [0.25, 0.3) is 5.91 Å². The molecule has 212 valence electrons. The van der Waals surface area contributed by atoms with Crippen LogP contribution in [-0.2, 0) is 10.0 Å². The number of carbonyl (C=O) groups excluding carboxylic acids is 1. The minimum absolute atomic E-state index is 0.0677. The zero-order valence-corrected chi connectivity index (χ0v) is 25.1. The van der Waals surface area contributed by atoms with Gasteiger partial charge in [-0.1, -0.05) is 70.2 Å². The van der Waals surface area contributed by atoms with Crippen LogP contribution < -0.4 is 0 Å². The lowest BCUT2D eigenvalue weighted by Gasteiger charge is -2.39. The third-order valence-corrected chi connectivity index (χ3v) is 7.47. The van der Waals surface area contributed by atoms with Crippen molar-refractivity contribution in [3.05, 3.63) is 59.0 Å². The summed E-state index contributed by atoms with van der Waals surface area (Å²) >= 11 is 0. The van der Waals surface area contributed by atoms with Crippen LogP contribution in [0, 0.1) is 18.8 Å². The van der Waals surface area contributed by atoms with Crippen molar-refractivity contribution in [1.82, 2.24) is 14.2 Å². The highest BCUT2D eigenvalue weighted by atomic mass is 32.2. The van der Waals surface area contributed by atoms with Crippen molar-refractivity contribution in [2.45, 2.75) is 60.4 Å². The van der Waals surface area contributed by atoms with Gasteiger partial charge in [-0.3, -0.25) is 9.80 Å². The Morgan fingerprint density at radius 3 is 2.37 bits per heavy atom. The number of rotatable bonds is 11. The van der Waals surface area contributed by atoms with E-state index in [1.807, 2.05) is 64.0 Å². The number of piperazine rings is 1. The van der Waals surface area contributed by atoms with Crippen molar-refractivity contribution in [3.8, 4) is 12.8 Å². The largest absolute Gasteiger partial charge is 0.336 e. The molecule has 1 aromatic rings. The van der Waals surface area contributed by atoms with E-state index in [-0.39, 0.29) is 18.5 Å². The summed E-state index contributed by atoms with van der Waals surface area (Å²) in [6.45, 7) is 14.3. The van der Waals surface area contributed by atoms with Gasteiger partial charge in [-0.05, 0) is 43.9 Å². The second-order valence-corrected chi connectivity index (χ2v) is 10.9. The first-order chi connectivity index (χ1) is 18.2. The van der Waals surface area contributed by atoms with Gasteiger partial charge in [-0.25, -0.2) is 8.42 Å². The summed E-state index contributed by atoms with van der Waals surface area (Å²) in [4.78, 5) is 14.8. The summed E-state index contributed by atoms with van der Waals surface area (Å²) in [5.41, 5.74) is 0.619. The summed E-state index contributed by atoms with van der Waals surface area (Å²) in [5, 5.41) is 10.1. The molecule has 0 spiro atoms. The van der Waals surface area contributed by atoms with Crippen LogP contribution in [0.4, 0.5) is 0 Å². The van der Waals surface area contributed by atoms with E-state index < -0.39 is 10.0 Å². The topological polar surface area (TPSA) is 85.7 Å². The first-order valence-corrected chi connectivity index (χ1v) is 14.8. The van der Waals surface area contributed by atoms with Gasteiger partial charge < -0.3 is 4.90 Å². The third-order valence-electron chi connectivity index (χ3n) is 5.41. The Kier molecular flexibility index (Phi) is 17.7. The molecule has 0 saturated carbocycles. The number of amides is 1. The van der Waals surface area contributed by atoms with Crippen molar-refractivity contribution in [2.24, 2.45) is 16.3 Å². The summed E-state index contributed by atoms with van der Waals surface area (Å²) in [6.07, 6.45) is 14.4. The Morgan fingerprint density at radius 1 is 1.18 bits per heavy atom. The lowest BCUT2D eigenvalue weighted by Crippen LogP contribution is -2.55. The molecule has 0 aromatic heterocycles. The molecule has 0 bridgehead atoms. The Labute approximate surface area is 231 Å². The average Bonchev–Trinajstić information content (AvgIpc) is 2.91. The van der Waals surface area contributed by atoms with Crippen LogP contribution in [0.5, 0.6) is 0 Å².